The van der Waals surface area contributed by atoms with Gasteiger partial charge in [-0.25, -0.2) is 0 Å². The van der Waals surface area contributed by atoms with Crippen molar-refractivity contribution in [2.75, 3.05) is 9.80 Å². The van der Waals surface area contributed by atoms with Gasteiger partial charge in [0.15, 0.2) is 0 Å². The Morgan fingerprint density at radius 3 is 1.62 bits per heavy atom. The second-order valence-electron chi connectivity index (χ2n) is 12.0. The molecule has 2 aliphatic heterocycles. The number of hydrogen-bond acceptors (Lipinski definition) is 2. The largest absolute Gasteiger partial charge is 0.311 e. The first kappa shape index (κ1) is 25.9. The van der Waals surface area contributed by atoms with Crippen LogP contribution in [0.2, 0.25) is 0 Å². The highest BCUT2D eigenvalue weighted by Gasteiger charge is 2.43. The Hall–Kier alpha value is -5.54. The van der Waals surface area contributed by atoms with E-state index in [0.717, 1.165) is 12.8 Å². The topological polar surface area (TPSA) is 6.48 Å². The summed E-state index contributed by atoms with van der Waals surface area (Å²) < 4.78 is 0. The predicted octanol–water partition coefficient (Wildman–Crippen LogP) is 8.87. The predicted molar refractivity (Wildman–Crippen MR) is 192 cm³/mol. The Morgan fingerprint density at radius 2 is 0.911 bits per heavy atom. The van der Waals surface area contributed by atoms with Gasteiger partial charge in [-0.05, 0) is 70.7 Å². The van der Waals surface area contributed by atoms with Crippen LogP contribution in [0.15, 0.2) is 170 Å². The monoisotopic (exact) mass is 574 g/mol. The van der Waals surface area contributed by atoms with Crippen LogP contribution in [0.1, 0.15) is 18.4 Å². The van der Waals surface area contributed by atoms with E-state index in [1.807, 2.05) is 0 Å². The van der Waals surface area contributed by atoms with E-state index in [0.29, 0.717) is 0 Å². The highest BCUT2D eigenvalue weighted by Crippen LogP contribution is 2.46. The Bertz CT molecular complexity index is 2130. The van der Waals surface area contributed by atoms with E-state index < -0.39 is 0 Å². The third kappa shape index (κ3) is 4.04. The summed E-state index contributed by atoms with van der Waals surface area (Å²) in [5.74, 6) is 0. The molecule has 0 fully saturated rings. The van der Waals surface area contributed by atoms with E-state index in [-0.39, 0.29) is 6.71 Å². The van der Waals surface area contributed by atoms with Gasteiger partial charge in [0.2, 0.25) is 0 Å². The first-order chi connectivity index (χ1) is 22.4. The highest BCUT2D eigenvalue weighted by molar-refractivity contribution is 7.00. The molecule has 0 saturated carbocycles. The van der Waals surface area contributed by atoms with Gasteiger partial charge in [-0.15, -0.1) is 0 Å². The first-order valence-corrected chi connectivity index (χ1v) is 15.9. The maximum absolute atomic E-state index is 2.54. The molecule has 9 rings (SSSR count). The summed E-state index contributed by atoms with van der Waals surface area (Å²) in [4.78, 5) is 5.04. The van der Waals surface area contributed by atoms with Gasteiger partial charge < -0.3 is 9.80 Å². The van der Waals surface area contributed by atoms with Crippen LogP contribution in [0, 0.1) is 0 Å². The normalized spacial score (nSPS) is 14.6. The summed E-state index contributed by atoms with van der Waals surface area (Å²) in [5.41, 5.74) is 16.5. The van der Waals surface area contributed by atoms with E-state index in [2.05, 4.69) is 174 Å². The van der Waals surface area contributed by atoms with Crippen molar-refractivity contribution in [2.24, 2.45) is 0 Å². The third-order valence-corrected chi connectivity index (χ3v) is 9.49. The lowest BCUT2D eigenvalue weighted by molar-refractivity contribution is 1.00. The van der Waals surface area contributed by atoms with Gasteiger partial charge in [0, 0.05) is 39.6 Å². The fraction of sp³-hybridized carbons (Fsp3) is 0.0476. The van der Waals surface area contributed by atoms with Crippen LogP contribution in [0.25, 0.3) is 16.7 Å². The smallest absolute Gasteiger partial charge is 0.252 e. The Kier molecular flexibility index (Phi) is 6.09. The van der Waals surface area contributed by atoms with Gasteiger partial charge in [0.1, 0.15) is 0 Å². The zero-order valence-electron chi connectivity index (χ0n) is 25.0. The van der Waals surface area contributed by atoms with Crippen LogP contribution in [-0.4, -0.2) is 6.71 Å². The number of benzene rings is 6. The molecule has 6 aromatic rings. The van der Waals surface area contributed by atoms with Crippen molar-refractivity contribution in [3.63, 3.8) is 0 Å². The SMILES string of the molecule is C1=C(c2ccccc2)C(N2c3ccccc3B3c4ccccc4N(c4ccccc4-c4ccccc4)c4cccc2c43)=CCC1. The molecule has 3 heteroatoms. The van der Waals surface area contributed by atoms with Gasteiger partial charge in [0.25, 0.3) is 6.71 Å². The highest BCUT2D eigenvalue weighted by atomic mass is 15.2. The zero-order valence-corrected chi connectivity index (χ0v) is 25.0. The molecule has 0 radical (unpaired) electrons. The van der Waals surface area contributed by atoms with Crippen LogP contribution in [-0.2, 0) is 0 Å². The number of allylic oxidation sites excluding steroid dienone is 3. The Labute approximate surface area is 265 Å². The van der Waals surface area contributed by atoms with E-state index in [1.54, 1.807) is 0 Å². The van der Waals surface area contributed by atoms with E-state index in [1.165, 1.54) is 72.8 Å². The summed E-state index contributed by atoms with van der Waals surface area (Å²) in [7, 11) is 0. The molecule has 0 aromatic heterocycles. The molecule has 2 nitrogen and oxygen atoms in total. The molecule has 0 amide bonds. The van der Waals surface area contributed by atoms with E-state index >= 15 is 0 Å². The molecular formula is C42H31BN2. The van der Waals surface area contributed by atoms with Crippen LogP contribution in [0.5, 0.6) is 0 Å². The average molecular weight is 575 g/mol. The maximum Gasteiger partial charge on any atom is 0.252 e. The number of rotatable bonds is 4. The van der Waals surface area contributed by atoms with Crippen LogP contribution >= 0.6 is 0 Å². The molecule has 0 bridgehead atoms. The minimum atomic E-state index is 0.133. The minimum absolute atomic E-state index is 0.133. The second kappa shape index (κ2) is 10.6. The Morgan fingerprint density at radius 1 is 0.400 bits per heavy atom. The second-order valence-corrected chi connectivity index (χ2v) is 12.0. The molecule has 3 aliphatic rings. The third-order valence-electron chi connectivity index (χ3n) is 9.49. The van der Waals surface area contributed by atoms with Crippen molar-refractivity contribution in [1.29, 1.82) is 0 Å². The number of anilines is 5. The molecule has 212 valence electrons. The summed E-state index contributed by atoms with van der Waals surface area (Å²) >= 11 is 0. The quantitative estimate of drug-likeness (QED) is 0.194. The fourth-order valence-electron chi connectivity index (χ4n) is 7.64. The summed E-state index contributed by atoms with van der Waals surface area (Å²) in [6.07, 6.45) is 6.95. The lowest BCUT2D eigenvalue weighted by Gasteiger charge is -2.45. The van der Waals surface area contributed by atoms with Gasteiger partial charge in [-0.2, -0.15) is 0 Å². The molecule has 0 saturated heterocycles. The van der Waals surface area contributed by atoms with Crippen molar-refractivity contribution >= 4 is 57.1 Å². The van der Waals surface area contributed by atoms with Crippen molar-refractivity contribution in [3.05, 3.63) is 175 Å². The molecule has 0 atom stereocenters. The van der Waals surface area contributed by atoms with Crippen molar-refractivity contribution in [3.8, 4) is 11.1 Å². The molecular weight excluding hydrogens is 543 g/mol. The first-order valence-electron chi connectivity index (χ1n) is 15.9. The van der Waals surface area contributed by atoms with Gasteiger partial charge in [-0.3, -0.25) is 0 Å². The summed E-state index contributed by atoms with van der Waals surface area (Å²) in [6, 6.07) is 55.4. The average Bonchev–Trinajstić information content (AvgIpc) is 3.12. The van der Waals surface area contributed by atoms with Gasteiger partial charge in [0.05, 0.1) is 5.69 Å². The van der Waals surface area contributed by atoms with Crippen LogP contribution < -0.4 is 26.2 Å². The lowest BCUT2D eigenvalue weighted by atomic mass is 9.33. The number of nitrogens with zero attached hydrogens (tertiary/aromatic N) is 2. The standard InChI is InChI=1S/C42H31BN2/c1-3-16-30(17-4-1)32-20-7-11-24-36(32)44-38-26-13-9-22-34(38)43-35-23-10-14-27-39(35)45(41-29-15-28-40(44)42(41)43)37-25-12-8-21-33(37)31-18-5-2-6-19-31/h1-7,9-11,13-29H,8,12H2. The van der Waals surface area contributed by atoms with E-state index in [9.17, 15) is 0 Å². The Balaban J connectivity index is 1.31. The van der Waals surface area contributed by atoms with Gasteiger partial charge >= 0.3 is 0 Å². The lowest BCUT2D eigenvalue weighted by Crippen LogP contribution is -2.61. The van der Waals surface area contributed by atoms with Crippen molar-refractivity contribution in [1.82, 2.24) is 0 Å². The molecule has 0 N–H and O–H groups in total. The number of hydrogen-bond donors (Lipinski definition) is 0. The van der Waals surface area contributed by atoms with Crippen LogP contribution in [0.3, 0.4) is 0 Å². The molecule has 6 aromatic carbocycles. The number of fused-ring (bicyclic) bond motifs is 4. The molecule has 0 unspecified atom stereocenters. The van der Waals surface area contributed by atoms with Crippen LogP contribution in [0.4, 0.5) is 28.4 Å². The molecule has 2 heterocycles. The molecule has 45 heavy (non-hydrogen) atoms. The van der Waals surface area contributed by atoms with Gasteiger partial charge in [-0.1, -0.05) is 133 Å². The fourth-order valence-corrected chi connectivity index (χ4v) is 7.64. The summed E-state index contributed by atoms with van der Waals surface area (Å²) in [6.45, 7) is 0.133. The maximum atomic E-state index is 2.54. The number of para-hydroxylation sites is 3. The molecule has 0 spiro atoms. The summed E-state index contributed by atoms with van der Waals surface area (Å²) in [5, 5.41) is 0. The van der Waals surface area contributed by atoms with Crippen molar-refractivity contribution in [2.45, 2.75) is 12.8 Å². The zero-order chi connectivity index (χ0) is 29.7. The van der Waals surface area contributed by atoms with Crippen molar-refractivity contribution < 1.29 is 0 Å². The van der Waals surface area contributed by atoms with E-state index in [4.69, 9.17) is 0 Å². The molecule has 1 aliphatic carbocycles. The minimum Gasteiger partial charge on any atom is -0.311 e.